The van der Waals surface area contributed by atoms with Gasteiger partial charge in [0.15, 0.2) is 9.84 Å². The summed E-state index contributed by atoms with van der Waals surface area (Å²) in [5, 5.41) is 0. The van der Waals surface area contributed by atoms with Crippen LogP contribution in [-0.2, 0) is 16.4 Å². The van der Waals surface area contributed by atoms with Gasteiger partial charge in [0.2, 0.25) is 0 Å². The summed E-state index contributed by atoms with van der Waals surface area (Å²) in [5.41, 5.74) is 3.70. The first-order chi connectivity index (χ1) is 14.2. The number of carbonyl (C=O) groups is 2. The zero-order chi connectivity index (χ0) is 21.9. The Morgan fingerprint density at radius 1 is 1.17 bits per heavy atom. The van der Waals surface area contributed by atoms with E-state index in [1.807, 2.05) is 18.4 Å². The van der Waals surface area contributed by atoms with Crippen LogP contribution in [0.3, 0.4) is 0 Å². The molecule has 3 rings (SSSR count). The van der Waals surface area contributed by atoms with Crippen LogP contribution < -0.4 is 16.2 Å². The normalized spacial score (nSPS) is 15.5. The SMILES string of the molecule is Cc1cccc(N(Cc2ccc(C(=O)NN)cc2F)C(=O)N2CCS(=O)(=O)CC2)c1. The number of carbonyl (C=O) groups excluding carboxylic acids is 2. The molecule has 10 heteroatoms. The third-order valence-electron chi connectivity index (χ3n) is 4.93. The Hall–Kier alpha value is -2.98. The highest BCUT2D eigenvalue weighted by atomic mass is 32.2. The molecule has 8 nitrogen and oxygen atoms in total. The minimum atomic E-state index is -3.15. The number of aryl methyl sites for hydroxylation is 1. The second-order valence-electron chi connectivity index (χ2n) is 7.13. The van der Waals surface area contributed by atoms with Crippen molar-refractivity contribution in [3.8, 4) is 0 Å². The summed E-state index contributed by atoms with van der Waals surface area (Å²) in [4.78, 5) is 27.7. The van der Waals surface area contributed by atoms with Crippen molar-refractivity contribution >= 4 is 27.5 Å². The molecule has 160 valence electrons. The lowest BCUT2D eigenvalue weighted by Gasteiger charge is -2.33. The van der Waals surface area contributed by atoms with Gasteiger partial charge < -0.3 is 4.90 Å². The Morgan fingerprint density at radius 3 is 2.47 bits per heavy atom. The van der Waals surface area contributed by atoms with Gasteiger partial charge in [-0.3, -0.25) is 15.1 Å². The smallest absolute Gasteiger partial charge is 0.322 e. The number of halogens is 1. The third-order valence-corrected chi connectivity index (χ3v) is 6.54. The number of hydrogen-bond acceptors (Lipinski definition) is 5. The fourth-order valence-corrected chi connectivity index (χ4v) is 4.41. The van der Waals surface area contributed by atoms with Crippen molar-refractivity contribution in [2.24, 2.45) is 5.84 Å². The predicted octanol–water partition coefficient (Wildman–Crippen LogP) is 1.59. The zero-order valence-corrected chi connectivity index (χ0v) is 17.3. The molecule has 3 N–H and O–H groups in total. The summed E-state index contributed by atoms with van der Waals surface area (Å²) in [5.74, 6) is 3.61. The molecule has 1 aliphatic heterocycles. The van der Waals surface area contributed by atoms with Crippen molar-refractivity contribution < 1.29 is 22.4 Å². The Bertz CT molecular complexity index is 1060. The number of anilines is 1. The largest absolute Gasteiger partial charge is 0.324 e. The number of benzene rings is 2. The summed E-state index contributed by atoms with van der Waals surface area (Å²) in [7, 11) is -3.15. The van der Waals surface area contributed by atoms with Crippen LogP contribution in [-0.4, -0.2) is 49.9 Å². The van der Waals surface area contributed by atoms with Crippen LogP contribution >= 0.6 is 0 Å². The maximum Gasteiger partial charge on any atom is 0.324 e. The molecule has 0 radical (unpaired) electrons. The number of rotatable bonds is 4. The molecule has 1 saturated heterocycles. The molecule has 0 saturated carbocycles. The zero-order valence-electron chi connectivity index (χ0n) is 16.5. The number of sulfone groups is 1. The van der Waals surface area contributed by atoms with Crippen LogP contribution in [0.1, 0.15) is 21.5 Å². The molecule has 0 unspecified atom stereocenters. The maximum atomic E-state index is 14.7. The standard InChI is InChI=1S/C20H23FN4O4S/c1-14-3-2-4-17(11-14)25(20(27)24-7-9-30(28,29)10-8-24)13-16-6-5-15(12-18(16)21)19(26)23-22/h2-6,11-12H,7-10,13,22H2,1H3,(H,23,26). The Labute approximate surface area is 174 Å². The maximum absolute atomic E-state index is 14.7. The van der Waals surface area contributed by atoms with Crippen LogP contribution in [0, 0.1) is 12.7 Å². The minimum Gasteiger partial charge on any atom is -0.322 e. The van der Waals surface area contributed by atoms with Gasteiger partial charge in [0.05, 0.1) is 18.1 Å². The molecule has 2 aromatic carbocycles. The second kappa shape index (κ2) is 8.80. The van der Waals surface area contributed by atoms with Crippen molar-refractivity contribution in [3.05, 3.63) is 65.0 Å². The number of nitrogen functional groups attached to an aromatic ring is 1. The fraction of sp³-hybridized carbons (Fsp3) is 0.300. The number of nitrogens with one attached hydrogen (secondary N) is 1. The quantitative estimate of drug-likeness (QED) is 0.431. The first kappa shape index (κ1) is 21.7. The first-order valence-electron chi connectivity index (χ1n) is 9.33. The average molecular weight is 434 g/mol. The lowest BCUT2D eigenvalue weighted by Crippen LogP contribution is -2.49. The first-order valence-corrected chi connectivity index (χ1v) is 11.2. The highest BCUT2D eigenvalue weighted by molar-refractivity contribution is 7.91. The fourth-order valence-electron chi connectivity index (χ4n) is 3.21. The van der Waals surface area contributed by atoms with Gasteiger partial charge >= 0.3 is 6.03 Å². The molecular weight excluding hydrogens is 411 g/mol. The molecule has 3 amide bonds. The van der Waals surface area contributed by atoms with Gasteiger partial charge in [-0.2, -0.15) is 0 Å². The highest BCUT2D eigenvalue weighted by Crippen LogP contribution is 2.23. The van der Waals surface area contributed by atoms with Gasteiger partial charge in [0.1, 0.15) is 5.82 Å². The van der Waals surface area contributed by atoms with E-state index in [1.54, 1.807) is 18.2 Å². The van der Waals surface area contributed by atoms with E-state index in [9.17, 15) is 22.4 Å². The van der Waals surface area contributed by atoms with Gasteiger partial charge in [-0.1, -0.05) is 18.2 Å². The molecule has 1 aliphatic rings. The van der Waals surface area contributed by atoms with Gasteiger partial charge in [0, 0.05) is 29.9 Å². The Kier molecular flexibility index (Phi) is 6.37. The molecule has 0 bridgehead atoms. The molecule has 0 spiro atoms. The van der Waals surface area contributed by atoms with Crippen molar-refractivity contribution in [2.75, 3.05) is 29.5 Å². The number of hydrazine groups is 1. The van der Waals surface area contributed by atoms with Gasteiger partial charge in [-0.15, -0.1) is 0 Å². The van der Waals surface area contributed by atoms with E-state index in [1.165, 1.54) is 21.9 Å². The van der Waals surface area contributed by atoms with Crippen molar-refractivity contribution in [3.63, 3.8) is 0 Å². The molecule has 0 atom stereocenters. The summed E-state index contributed by atoms with van der Waals surface area (Å²) >= 11 is 0. The van der Waals surface area contributed by atoms with Crippen LogP contribution in [0.5, 0.6) is 0 Å². The average Bonchev–Trinajstić information content (AvgIpc) is 2.71. The van der Waals surface area contributed by atoms with Gasteiger partial charge in [-0.05, 0) is 36.8 Å². The Morgan fingerprint density at radius 2 is 1.87 bits per heavy atom. The molecule has 2 aromatic rings. The monoisotopic (exact) mass is 434 g/mol. The molecule has 1 heterocycles. The van der Waals surface area contributed by atoms with Crippen molar-refractivity contribution in [2.45, 2.75) is 13.5 Å². The molecular formula is C20H23FN4O4S. The van der Waals surface area contributed by atoms with Crippen molar-refractivity contribution in [1.82, 2.24) is 10.3 Å². The highest BCUT2D eigenvalue weighted by Gasteiger charge is 2.29. The summed E-state index contributed by atoms with van der Waals surface area (Å²) < 4.78 is 38.1. The topological polar surface area (TPSA) is 113 Å². The van der Waals surface area contributed by atoms with Crippen LogP contribution in [0.15, 0.2) is 42.5 Å². The van der Waals surface area contributed by atoms with E-state index in [-0.39, 0.29) is 42.3 Å². The summed E-state index contributed by atoms with van der Waals surface area (Å²) in [6, 6.07) is 10.7. The van der Waals surface area contributed by atoms with E-state index in [0.29, 0.717) is 5.69 Å². The van der Waals surface area contributed by atoms with Crippen LogP contribution in [0.4, 0.5) is 14.9 Å². The minimum absolute atomic E-state index is 0.0634. The van der Waals surface area contributed by atoms with Crippen LogP contribution in [0.2, 0.25) is 0 Å². The van der Waals surface area contributed by atoms with Gasteiger partial charge in [0.25, 0.3) is 5.91 Å². The van der Waals surface area contributed by atoms with Crippen LogP contribution in [0.25, 0.3) is 0 Å². The Balaban J connectivity index is 1.91. The summed E-state index contributed by atoms with van der Waals surface area (Å²) in [6.07, 6.45) is 0. The number of nitrogens with two attached hydrogens (primary N) is 1. The summed E-state index contributed by atoms with van der Waals surface area (Å²) in [6.45, 7) is 1.96. The van der Waals surface area contributed by atoms with E-state index >= 15 is 0 Å². The van der Waals surface area contributed by atoms with E-state index in [2.05, 4.69) is 0 Å². The number of amides is 3. The third kappa shape index (κ3) is 4.95. The number of hydrogen-bond donors (Lipinski definition) is 2. The molecule has 0 aromatic heterocycles. The molecule has 1 fully saturated rings. The van der Waals surface area contributed by atoms with E-state index in [4.69, 9.17) is 5.84 Å². The molecule has 0 aliphatic carbocycles. The van der Waals surface area contributed by atoms with E-state index in [0.717, 1.165) is 11.6 Å². The lowest BCUT2D eigenvalue weighted by atomic mass is 10.1. The molecule has 30 heavy (non-hydrogen) atoms. The second-order valence-corrected chi connectivity index (χ2v) is 9.43. The predicted molar refractivity (Wildman–Crippen MR) is 111 cm³/mol. The number of urea groups is 1. The number of nitrogens with zero attached hydrogens (tertiary/aromatic N) is 2. The van der Waals surface area contributed by atoms with Gasteiger partial charge in [-0.25, -0.2) is 23.4 Å². The van der Waals surface area contributed by atoms with E-state index < -0.39 is 27.6 Å². The lowest BCUT2D eigenvalue weighted by molar-refractivity contribution is 0.0953. The van der Waals surface area contributed by atoms with Crippen molar-refractivity contribution in [1.29, 1.82) is 0 Å².